The van der Waals surface area contributed by atoms with Crippen LogP contribution in [0.5, 0.6) is 5.75 Å². The van der Waals surface area contributed by atoms with Gasteiger partial charge in [0.2, 0.25) is 0 Å². The molecule has 4 rings (SSSR count). The number of benzene rings is 1. The summed E-state index contributed by atoms with van der Waals surface area (Å²) in [6, 6.07) is 8.25. The molecule has 0 unspecified atom stereocenters. The van der Waals surface area contributed by atoms with E-state index < -0.39 is 0 Å². The second-order valence-corrected chi connectivity index (χ2v) is 6.20. The number of nitrogens with zero attached hydrogens (tertiary/aromatic N) is 1. The first-order valence-corrected chi connectivity index (χ1v) is 7.87. The van der Waals surface area contributed by atoms with Crippen molar-refractivity contribution >= 4 is 17.3 Å². The largest absolute Gasteiger partial charge is 0.495 e. The van der Waals surface area contributed by atoms with Crippen LogP contribution in [-0.2, 0) is 0 Å². The summed E-state index contributed by atoms with van der Waals surface area (Å²) in [6.45, 7) is 0. The lowest BCUT2D eigenvalue weighted by Gasteiger charge is -2.38. The van der Waals surface area contributed by atoms with E-state index in [1.807, 2.05) is 24.5 Å². The van der Waals surface area contributed by atoms with Crippen molar-refractivity contribution in [1.29, 1.82) is 0 Å². The number of allylic oxidation sites excluding steroid dienone is 2. The van der Waals surface area contributed by atoms with Gasteiger partial charge in [-0.1, -0.05) is 23.8 Å². The summed E-state index contributed by atoms with van der Waals surface area (Å²) in [7, 11) is 1.70. The number of hydrogen-bond acceptors (Lipinski definition) is 3. The highest BCUT2D eigenvalue weighted by molar-refractivity contribution is 6.32. The van der Waals surface area contributed by atoms with Crippen LogP contribution in [0, 0.1) is 5.92 Å². The predicted molar refractivity (Wildman–Crippen MR) is 88.6 cm³/mol. The standard InChI is InChI=1S/C18H17ClN2O/c1-22-15-6-5-14(19)16-12-3-2-4-13(12)17(21-18(15)16)11-7-9-20-10-8-11/h2-3,5-10,12-13,17,21H,4H2,1H3/t12-,13-,17+/m0/s1. The van der Waals surface area contributed by atoms with Crippen LogP contribution in [0.3, 0.4) is 0 Å². The number of pyridine rings is 1. The van der Waals surface area contributed by atoms with E-state index in [0.717, 1.165) is 28.4 Å². The minimum absolute atomic E-state index is 0.239. The first-order chi connectivity index (χ1) is 10.8. The molecule has 1 aliphatic carbocycles. The third-order valence-corrected chi connectivity index (χ3v) is 5.04. The maximum Gasteiger partial charge on any atom is 0.142 e. The Balaban J connectivity index is 1.87. The summed E-state index contributed by atoms with van der Waals surface area (Å²) in [5, 5.41) is 4.47. The molecule has 22 heavy (non-hydrogen) atoms. The van der Waals surface area contributed by atoms with Crippen LogP contribution in [0.15, 0.2) is 48.8 Å². The van der Waals surface area contributed by atoms with Crippen LogP contribution < -0.4 is 10.1 Å². The minimum Gasteiger partial charge on any atom is -0.495 e. The summed E-state index contributed by atoms with van der Waals surface area (Å²) >= 11 is 6.49. The van der Waals surface area contributed by atoms with Crippen LogP contribution in [0.1, 0.15) is 29.5 Å². The Kier molecular flexibility index (Phi) is 3.30. The molecule has 2 aliphatic rings. The van der Waals surface area contributed by atoms with Crippen LogP contribution in [0.2, 0.25) is 5.02 Å². The highest BCUT2D eigenvalue weighted by Crippen LogP contribution is 2.54. The maximum atomic E-state index is 6.49. The molecule has 1 aromatic heterocycles. The molecule has 3 atom stereocenters. The van der Waals surface area contributed by atoms with E-state index in [1.165, 1.54) is 5.56 Å². The van der Waals surface area contributed by atoms with Crippen molar-refractivity contribution in [2.24, 2.45) is 5.92 Å². The van der Waals surface area contributed by atoms with Gasteiger partial charge in [0.25, 0.3) is 0 Å². The Morgan fingerprint density at radius 2 is 2.05 bits per heavy atom. The SMILES string of the molecule is COc1ccc(Cl)c2c1N[C@H](c1ccncc1)[C@H]1CC=C[C@H]21. The molecular formula is C18H17ClN2O. The van der Waals surface area contributed by atoms with E-state index in [2.05, 4.69) is 34.6 Å². The quantitative estimate of drug-likeness (QED) is 0.825. The van der Waals surface area contributed by atoms with Gasteiger partial charge in [-0.3, -0.25) is 4.98 Å². The maximum absolute atomic E-state index is 6.49. The fraction of sp³-hybridized carbons (Fsp3) is 0.278. The normalized spacial score (nSPS) is 25.3. The summed E-state index contributed by atoms with van der Waals surface area (Å²) in [5.41, 5.74) is 3.43. The van der Waals surface area contributed by atoms with Crippen molar-refractivity contribution in [3.63, 3.8) is 0 Å². The van der Waals surface area contributed by atoms with Crippen LogP contribution in [0.25, 0.3) is 0 Å². The van der Waals surface area contributed by atoms with E-state index in [0.29, 0.717) is 11.8 Å². The fourth-order valence-corrected chi connectivity index (χ4v) is 3.99. The molecule has 2 heterocycles. The highest BCUT2D eigenvalue weighted by atomic mass is 35.5. The van der Waals surface area contributed by atoms with Gasteiger partial charge in [0.1, 0.15) is 5.75 Å². The summed E-state index contributed by atoms with van der Waals surface area (Å²) in [6.07, 6.45) is 9.29. The number of halogens is 1. The van der Waals surface area contributed by atoms with Gasteiger partial charge in [0, 0.05) is 28.9 Å². The Bertz CT molecular complexity index is 729. The molecule has 112 valence electrons. The van der Waals surface area contributed by atoms with E-state index in [4.69, 9.17) is 16.3 Å². The number of nitrogens with one attached hydrogen (secondary N) is 1. The zero-order valence-electron chi connectivity index (χ0n) is 12.3. The number of aromatic nitrogens is 1. The third kappa shape index (κ3) is 2.00. The summed E-state index contributed by atoms with van der Waals surface area (Å²) in [5.74, 6) is 1.65. The number of fused-ring (bicyclic) bond motifs is 3. The molecule has 0 spiro atoms. The lowest BCUT2D eigenvalue weighted by atomic mass is 9.77. The Morgan fingerprint density at radius 1 is 1.23 bits per heavy atom. The van der Waals surface area contributed by atoms with Gasteiger partial charge in [-0.05, 0) is 42.2 Å². The topological polar surface area (TPSA) is 34.1 Å². The Labute approximate surface area is 135 Å². The van der Waals surface area contributed by atoms with Crippen molar-refractivity contribution in [2.45, 2.75) is 18.4 Å². The number of hydrogen-bond donors (Lipinski definition) is 1. The van der Waals surface area contributed by atoms with Gasteiger partial charge in [-0.15, -0.1) is 0 Å². The Morgan fingerprint density at radius 3 is 2.82 bits per heavy atom. The van der Waals surface area contributed by atoms with Crippen LogP contribution >= 0.6 is 11.6 Å². The second-order valence-electron chi connectivity index (χ2n) is 5.79. The second kappa shape index (κ2) is 5.33. The van der Waals surface area contributed by atoms with Gasteiger partial charge in [0.15, 0.2) is 0 Å². The Hall–Kier alpha value is -2.00. The van der Waals surface area contributed by atoms with Crippen LogP contribution in [-0.4, -0.2) is 12.1 Å². The molecule has 0 saturated carbocycles. The third-order valence-electron chi connectivity index (χ3n) is 4.71. The lowest BCUT2D eigenvalue weighted by molar-refractivity contribution is 0.397. The van der Waals surface area contributed by atoms with Crippen molar-refractivity contribution in [3.05, 3.63) is 65.0 Å². The highest BCUT2D eigenvalue weighted by Gasteiger charge is 2.40. The number of anilines is 1. The molecule has 0 bridgehead atoms. The van der Waals surface area contributed by atoms with Gasteiger partial charge in [-0.25, -0.2) is 0 Å². The van der Waals surface area contributed by atoms with Crippen molar-refractivity contribution in [2.75, 3.05) is 12.4 Å². The van der Waals surface area contributed by atoms with E-state index in [-0.39, 0.29) is 6.04 Å². The average molecular weight is 313 g/mol. The average Bonchev–Trinajstić information content (AvgIpc) is 3.04. The molecule has 0 amide bonds. The smallest absolute Gasteiger partial charge is 0.142 e. The molecule has 2 aromatic rings. The molecule has 0 fully saturated rings. The predicted octanol–water partition coefficient (Wildman–Crippen LogP) is 4.57. The van der Waals surface area contributed by atoms with Crippen molar-refractivity contribution in [3.8, 4) is 5.75 Å². The number of methoxy groups -OCH3 is 1. The molecule has 1 aromatic carbocycles. The molecular weight excluding hydrogens is 296 g/mol. The number of rotatable bonds is 2. The van der Waals surface area contributed by atoms with E-state index in [9.17, 15) is 0 Å². The fourth-order valence-electron chi connectivity index (χ4n) is 3.71. The zero-order valence-corrected chi connectivity index (χ0v) is 13.0. The molecule has 0 radical (unpaired) electrons. The van der Waals surface area contributed by atoms with Crippen molar-refractivity contribution < 1.29 is 4.74 Å². The lowest BCUT2D eigenvalue weighted by Crippen LogP contribution is -2.29. The monoisotopic (exact) mass is 312 g/mol. The first kappa shape index (κ1) is 13.6. The zero-order chi connectivity index (χ0) is 15.1. The van der Waals surface area contributed by atoms with Gasteiger partial charge in [-0.2, -0.15) is 0 Å². The van der Waals surface area contributed by atoms with Gasteiger partial charge >= 0.3 is 0 Å². The summed E-state index contributed by atoms with van der Waals surface area (Å²) < 4.78 is 5.54. The number of ether oxygens (including phenoxy) is 1. The molecule has 1 aliphatic heterocycles. The van der Waals surface area contributed by atoms with Gasteiger partial charge < -0.3 is 10.1 Å². The van der Waals surface area contributed by atoms with E-state index >= 15 is 0 Å². The molecule has 0 saturated heterocycles. The molecule has 1 N–H and O–H groups in total. The van der Waals surface area contributed by atoms with E-state index in [1.54, 1.807) is 7.11 Å². The summed E-state index contributed by atoms with van der Waals surface area (Å²) in [4.78, 5) is 4.13. The van der Waals surface area contributed by atoms with Gasteiger partial charge in [0.05, 0.1) is 18.8 Å². The minimum atomic E-state index is 0.239. The molecule has 4 heteroatoms. The van der Waals surface area contributed by atoms with Crippen molar-refractivity contribution in [1.82, 2.24) is 4.98 Å². The van der Waals surface area contributed by atoms with Crippen LogP contribution in [0.4, 0.5) is 5.69 Å². The first-order valence-electron chi connectivity index (χ1n) is 7.49. The molecule has 3 nitrogen and oxygen atoms in total.